The molecule has 7 nitrogen and oxygen atoms in total. The second-order valence-corrected chi connectivity index (χ2v) is 7.66. The molecule has 0 unspecified atom stereocenters. The van der Waals surface area contributed by atoms with Gasteiger partial charge in [-0.3, -0.25) is 9.78 Å². The zero-order chi connectivity index (χ0) is 17.9. The third-order valence-electron chi connectivity index (χ3n) is 3.93. The minimum absolute atomic E-state index is 0.127. The van der Waals surface area contributed by atoms with Gasteiger partial charge in [0.2, 0.25) is 11.8 Å². The Bertz CT molecular complexity index is 990. The first kappa shape index (κ1) is 16.8. The Morgan fingerprint density at radius 1 is 1.42 bits per heavy atom. The second-order valence-electron chi connectivity index (χ2n) is 5.62. The number of hydrogen-bond donors (Lipinski definition) is 1. The number of aromatic nitrogens is 3. The molecule has 3 heterocycles. The van der Waals surface area contributed by atoms with Crippen LogP contribution in [0.4, 0.5) is 5.00 Å². The topological polar surface area (TPSA) is 105 Å². The summed E-state index contributed by atoms with van der Waals surface area (Å²) in [4.78, 5) is 17.4. The number of carbonyl (C=O) groups is 1. The van der Waals surface area contributed by atoms with E-state index in [0.717, 1.165) is 42.2 Å². The van der Waals surface area contributed by atoms with Gasteiger partial charge in [-0.2, -0.15) is 5.26 Å². The SMILES string of the molecule is N#Cc1c(NC(=O)CSc2nnc(-c3cccnc3)o2)sc2c1CCC2. The van der Waals surface area contributed by atoms with E-state index in [1.165, 1.54) is 16.2 Å². The molecule has 3 aromatic rings. The first-order chi connectivity index (χ1) is 12.7. The third-order valence-corrected chi connectivity index (χ3v) is 5.95. The molecular formula is C17H13N5O2S2. The van der Waals surface area contributed by atoms with Crippen LogP contribution in [0.15, 0.2) is 34.2 Å². The number of thioether (sulfide) groups is 1. The van der Waals surface area contributed by atoms with Crippen molar-refractivity contribution in [3.63, 3.8) is 0 Å². The molecule has 4 rings (SSSR count). The molecule has 0 saturated carbocycles. The van der Waals surface area contributed by atoms with Crippen LogP contribution in [0.25, 0.3) is 11.5 Å². The van der Waals surface area contributed by atoms with E-state index in [2.05, 4.69) is 26.6 Å². The number of aryl methyl sites for hydroxylation is 1. The lowest BCUT2D eigenvalue weighted by Gasteiger charge is -2.02. The van der Waals surface area contributed by atoms with E-state index in [4.69, 9.17) is 4.42 Å². The summed E-state index contributed by atoms with van der Waals surface area (Å²) in [5, 5.41) is 21.1. The summed E-state index contributed by atoms with van der Waals surface area (Å²) in [7, 11) is 0. The predicted molar refractivity (Wildman–Crippen MR) is 97.9 cm³/mol. The van der Waals surface area contributed by atoms with Crippen LogP contribution in [-0.2, 0) is 17.6 Å². The van der Waals surface area contributed by atoms with E-state index in [-0.39, 0.29) is 11.7 Å². The van der Waals surface area contributed by atoms with Crippen LogP contribution in [0.3, 0.4) is 0 Å². The molecule has 1 N–H and O–H groups in total. The highest BCUT2D eigenvalue weighted by Crippen LogP contribution is 2.38. The molecular weight excluding hydrogens is 370 g/mol. The van der Waals surface area contributed by atoms with Crippen molar-refractivity contribution in [2.24, 2.45) is 0 Å². The van der Waals surface area contributed by atoms with Crippen molar-refractivity contribution in [3.8, 4) is 17.5 Å². The maximum atomic E-state index is 12.2. The molecule has 1 amide bonds. The average molecular weight is 383 g/mol. The molecule has 1 aliphatic rings. The lowest BCUT2D eigenvalue weighted by molar-refractivity contribution is -0.113. The molecule has 9 heteroatoms. The zero-order valence-electron chi connectivity index (χ0n) is 13.6. The van der Waals surface area contributed by atoms with Crippen molar-refractivity contribution >= 4 is 34.0 Å². The monoisotopic (exact) mass is 383 g/mol. The summed E-state index contributed by atoms with van der Waals surface area (Å²) < 4.78 is 5.54. The lowest BCUT2D eigenvalue weighted by Crippen LogP contribution is -2.14. The normalized spacial score (nSPS) is 12.6. The van der Waals surface area contributed by atoms with Crippen LogP contribution in [0.5, 0.6) is 0 Å². The minimum atomic E-state index is -0.201. The Morgan fingerprint density at radius 2 is 2.35 bits per heavy atom. The fourth-order valence-electron chi connectivity index (χ4n) is 2.77. The van der Waals surface area contributed by atoms with E-state index in [0.29, 0.717) is 21.7 Å². The standard InChI is InChI=1S/C17H13N5O2S2/c18-7-12-11-4-1-5-13(11)26-16(12)20-14(23)9-25-17-22-21-15(24-17)10-3-2-6-19-8-10/h2-3,6,8H,1,4-5,9H2,(H,20,23). The van der Waals surface area contributed by atoms with Crippen molar-refractivity contribution in [2.75, 3.05) is 11.1 Å². The summed E-state index contributed by atoms with van der Waals surface area (Å²) in [6.07, 6.45) is 6.27. The Balaban J connectivity index is 1.38. The molecule has 26 heavy (non-hydrogen) atoms. The van der Waals surface area contributed by atoms with Crippen molar-refractivity contribution in [1.29, 1.82) is 5.26 Å². The third kappa shape index (κ3) is 3.34. The Morgan fingerprint density at radius 3 is 3.15 bits per heavy atom. The molecule has 0 atom stereocenters. The van der Waals surface area contributed by atoms with Crippen molar-refractivity contribution < 1.29 is 9.21 Å². The predicted octanol–water partition coefficient (Wildman–Crippen LogP) is 3.28. The number of fused-ring (bicyclic) bond motifs is 1. The van der Waals surface area contributed by atoms with E-state index < -0.39 is 0 Å². The van der Waals surface area contributed by atoms with Crippen LogP contribution in [0.2, 0.25) is 0 Å². The average Bonchev–Trinajstić information content (AvgIpc) is 3.36. The molecule has 0 spiro atoms. The van der Waals surface area contributed by atoms with Gasteiger partial charge < -0.3 is 9.73 Å². The molecule has 0 fully saturated rings. The van der Waals surface area contributed by atoms with Crippen molar-refractivity contribution in [2.45, 2.75) is 24.5 Å². The van der Waals surface area contributed by atoms with Crippen LogP contribution in [-0.4, -0.2) is 26.8 Å². The summed E-state index contributed by atoms with van der Waals surface area (Å²) in [5.41, 5.74) is 2.43. The quantitative estimate of drug-likeness (QED) is 0.674. The van der Waals surface area contributed by atoms with Crippen LogP contribution < -0.4 is 5.32 Å². The van der Waals surface area contributed by atoms with E-state index in [1.54, 1.807) is 18.5 Å². The number of pyridine rings is 1. The van der Waals surface area contributed by atoms with Gasteiger partial charge in [-0.1, -0.05) is 11.8 Å². The second kappa shape index (κ2) is 7.27. The van der Waals surface area contributed by atoms with Gasteiger partial charge in [-0.05, 0) is 37.0 Å². The van der Waals surface area contributed by atoms with Gasteiger partial charge >= 0.3 is 0 Å². The Labute approximate surface area is 157 Å². The number of thiophene rings is 1. The van der Waals surface area contributed by atoms with Crippen LogP contribution >= 0.6 is 23.1 Å². The number of nitriles is 1. The summed E-state index contributed by atoms with van der Waals surface area (Å²) in [6, 6.07) is 5.82. The molecule has 130 valence electrons. The van der Waals surface area contributed by atoms with E-state index in [1.807, 2.05) is 6.07 Å². The lowest BCUT2D eigenvalue weighted by atomic mass is 10.1. The fourth-order valence-corrected chi connectivity index (χ4v) is 4.59. The highest BCUT2D eigenvalue weighted by atomic mass is 32.2. The zero-order valence-corrected chi connectivity index (χ0v) is 15.2. The van der Waals surface area contributed by atoms with Gasteiger partial charge in [0.05, 0.1) is 16.9 Å². The minimum Gasteiger partial charge on any atom is -0.411 e. The van der Waals surface area contributed by atoms with E-state index >= 15 is 0 Å². The van der Waals surface area contributed by atoms with Gasteiger partial charge in [0.25, 0.3) is 5.22 Å². The highest BCUT2D eigenvalue weighted by molar-refractivity contribution is 7.99. The molecule has 1 aliphatic carbocycles. The van der Waals surface area contributed by atoms with Gasteiger partial charge in [0, 0.05) is 17.3 Å². The number of nitrogens with zero attached hydrogens (tertiary/aromatic N) is 4. The summed E-state index contributed by atoms with van der Waals surface area (Å²) in [5.74, 6) is 0.289. The molecule has 0 bridgehead atoms. The van der Waals surface area contributed by atoms with Gasteiger partial charge in [0.15, 0.2) is 0 Å². The number of carbonyl (C=O) groups excluding carboxylic acids is 1. The van der Waals surface area contributed by atoms with Crippen molar-refractivity contribution in [1.82, 2.24) is 15.2 Å². The molecule has 0 aromatic carbocycles. The van der Waals surface area contributed by atoms with Gasteiger partial charge in [-0.25, -0.2) is 0 Å². The van der Waals surface area contributed by atoms with E-state index in [9.17, 15) is 10.1 Å². The number of anilines is 1. The molecule has 3 aromatic heterocycles. The number of hydrogen-bond acceptors (Lipinski definition) is 8. The largest absolute Gasteiger partial charge is 0.411 e. The first-order valence-electron chi connectivity index (χ1n) is 7.96. The summed E-state index contributed by atoms with van der Waals surface area (Å²) >= 11 is 2.66. The number of rotatable bonds is 5. The highest BCUT2D eigenvalue weighted by Gasteiger charge is 2.23. The maximum absolute atomic E-state index is 12.2. The Kier molecular flexibility index (Phi) is 4.69. The van der Waals surface area contributed by atoms with Gasteiger partial charge in [-0.15, -0.1) is 21.5 Å². The molecule has 0 saturated heterocycles. The summed E-state index contributed by atoms with van der Waals surface area (Å²) in [6.45, 7) is 0. The van der Waals surface area contributed by atoms with Crippen LogP contribution in [0.1, 0.15) is 22.4 Å². The fraction of sp³-hybridized carbons (Fsp3) is 0.235. The first-order valence-corrected chi connectivity index (χ1v) is 9.76. The van der Waals surface area contributed by atoms with Gasteiger partial charge in [0.1, 0.15) is 11.1 Å². The smallest absolute Gasteiger partial charge is 0.277 e. The maximum Gasteiger partial charge on any atom is 0.277 e. The van der Waals surface area contributed by atoms with Crippen LogP contribution in [0, 0.1) is 11.3 Å². The molecule has 0 radical (unpaired) electrons. The van der Waals surface area contributed by atoms with Crippen molar-refractivity contribution in [3.05, 3.63) is 40.5 Å². The molecule has 0 aliphatic heterocycles. The Hall–Kier alpha value is -2.70. The number of nitrogens with one attached hydrogen (secondary N) is 1. The number of amides is 1.